The molecule has 5 nitrogen and oxygen atoms in total. The van der Waals surface area contributed by atoms with E-state index in [-0.39, 0.29) is 0 Å². The minimum absolute atomic E-state index is 0.521. The van der Waals surface area contributed by atoms with Crippen molar-refractivity contribution in [3.8, 4) is 0 Å². The highest BCUT2D eigenvalue weighted by molar-refractivity contribution is 5.37. The summed E-state index contributed by atoms with van der Waals surface area (Å²) in [6.45, 7) is 3.38. The van der Waals surface area contributed by atoms with E-state index < -0.39 is 0 Å². The number of rotatable bonds is 4. The van der Waals surface area contributed by atoms with E-state index in [0.29, 0.717) is 12.0 Å². The Bertz CT molecular complexity index is 471. The first-order valence-corrected chi connectivity index (χ1v) is 7.60. The highest BCUT2D eigenvalue weighted by Crippen LogP contribution is 2.39. The van der Waals surface area contributed by atoms with E-state index >= 15 is 0 Å². The fraction of sp³-hybridized carbons (Fsp3) is 0.733. The van der Waals surface area contributed by atoms with E-state index in [9.17, 15) is 0 Å². The van der Waals surface area contributed by atoms with Gasteiger partial charge in [-0.25, -0.2) is 9.97 Å². The number of aromatic nitrogens is 2. The van der Waals surface area contributed by atoms with Crippen LogP contribution in [0, 0.1) is 0 Å². The van der Waals surface area contributed by atoms with E-state index in [1.807, 2.05) is 7.05 Å². The molecule has 1 atom stereocenters. The van der Waals surface area contributed by atoms with Crippen LogP contribution in [0.5, 0.6) is 0 Å². The van der Waals surface area contributed by atoms with Gasteiger partial charge < -0.3 is 15.1 Å². The van der Waals surface area contributed by atoms with Crippen molar-refractivity contribution in [2.45, 2.75) is 31.2 Å². The van der Waals surface area contributed by atoms with Crippen molar-refractivity contribution in [1.29, 1.82) is 0 Å². The van der Waals surface area contributed by atoms with Gasteiger partial charge in [-0.15, -0.1) is 0 Å². The number of likely N-dealkylation sites (N-methyl/N-ethyl adjacent to an activating group) is 2. The first-order valence-electron chi connectivity index (χ1n) is 7.60. The zero-order chi connectivity index (χ0) is 14.1. The SMILES string of the molecule is CNc1cc(C2CC2)nc(CC2CN(C)CCN2C)n1. The van der Waals surface area contributed by atoms with Crippen LogP contribution in [0.3, 0.4) is 0 Å². The van der Waals surface area contributed by atoms with Gasteiger partial charge in [-0.1, -0.05) is 0 Å². The summed E-state index contributed by atoms with van der Waals surface area (Å²) in [5.41, 5.74) is 1.23. The lowest BCUT2D eigenvalue weighted by molar-refractivity contribution is 0.113. The zero-order valence-electron chi connectivity index (χ0n) is 12.8. The van der Waals surface area contributed by atoms with Gasteiger partial charge in [-0.2, -0.15) is 0 Å². The van der Waals surface area contributed by atoms with Crippen molar-refractivity contribution in [3.05, 3.63) is 17.6 Å². The molecule has 0 radical (unpaired) electrons. The molecule has 1 aliphatic heterocycles. The fourth-order valence-electron chi connectivity index (χ4n) is 2.86. The quantitative estimate of drug-likeness (QED) is 0.894. The first kappa shape index (κ1) is 13.8. The van der Waals surface area contributed by atoms with Crippen molar-refractivity contribution in [3.63, 3.8) is 0 Å². The van der Waals surface area contributed by atoms with E-state index in [1.165, 1.54) is 18.5 Å². The normalized spacial score (nSPS) is 24.9. The Labute approximate surface area is 121 Å². The first-order chi connectivity index (χ1) is 9.65. The van der Waals surface area contributed by atoms with Crippen LogP contribution in [0.4, 0.5) is 5.82 Å². The molecule has 1 saturated heterocycles. The van der Waals surface area contributed by atoms with Gasteiger partial charge in [-0.3, -0.25) is 0 Å². The molecule has 3 rings (SSSR count). The maximum atomic E-state index is 4.80. The van der Waals surface area contributed by atoms with Crippen molar-refractivity contribution >= 4 is 5.82 Å². The van der Waals surface area contributed by atoms with Gasteiger partial charge in [0.05, 0.1) is 0 Å². The minimum Gasteiger partial charge on any atom is -0.373 e. The van der Waals surface area contributed by atoms with Crippen LogP contribution in [0.15, 0.2) is 6.07 Å². The lowest BCUT2D eigenvalue weighted by atomic mass is 10.1. The smallest absolute Gasteiger partial charge is 0.132 e. The average Bonchev–Trinajstić information content (AvgIpc) is 3.27. The molecule has 1 aromatic heterocycles. The van der Waals surface area contributed by atoms with Gasteiger partial charge in [0.1, 0.15) is 11.6 Å². The van der Waals surface area contributed by atoms with Crippen LogP contribution in [-0.4, -0.2) is 66.6 Å². The van der Waals surface area contributed by atoms with E-state index in [2.05, 4.69) is 40.3 Å². The van der Waals surface area contributed by atoms with Crippen LogP contribution in [0.1, 0.15) is 30.3 Å². The molecule has 1 unspecified atom stereocenters. The number of piperazine rings is 1. The molecule has 1 aliphatic carbocycles. The molecule has 110 valence electrons. The second-order valence-corrected chi connectivity index (χ2v) is 6.22. The molecule has 0 bridgehead atoms. The number of nitrogens with zero attached hydrogens (tertiary/aromatic N) is 4. The largest absolute Gasteiger partial charge is 0.373 e. The standard InChI is InChI=1S/C15H25N5/c1-16-14-9-13(11-4-5-11)17-15(18-14)8-12-10-19(2)6-7-20(12)3/h9,11-12H,4-8,10H2,1-3H3,(H,16,17,18). The van der Waals surface area contributed by atoms with Crippen LogP contribution in [0.2, 0.25) is 0 Å². The van der Waals surface area contributed by atoms with Crippen LogP contribution in [0.25, 0.3) is 0 Å². The summed E-state index contributed by atoms with van der Waals surface area (Å²) in [5, 5.41) is 3.17. The maximum absolute atomic E-state index is 4.80. The van der Waals surface area contributed by atoms with Gasteiger partial charge in [-0.05, 0) is 26.9 Å². The summed E-state index contributed by atoms with van der Waals surface area (Å²) in [4.78, 5) is 14.3. The lowest BCUT2D eigenvalue weighted by Crippen LogP contribution is -2.51. The molecule has 0 aromatic carbocycles. The van der Waals surface area contributed by atoms with E-state index in [0.717, 1.165) is 37.7 Å². The number of anilines is 1. The Hall–Kier alpha value is -1.20. The predicted octanol–water partition coefficient (Wildman–Crippen LogP) is 1.18. The highest BCUT2D eigenvalue weighted by atomic mass is 15.3. The lowest BCUT2D eigenvalue weighted by Gasteiger charge is -2.37. The molecular weight excluding hydrogens is 250 g/mol. The molecule has 5 heteroatoms. The van der Waals surface area contributed by atoms with Gasteiger partial charge in [0, 0.05) is 56.8 Å². The van der Waals surface area contributed by atoms with Crippen molar-refractivity contribution in [1.82, 2.24) is 19.8 Å². The molecule has 2 fully saturated rings. The molecule has 2 aliphatic rings. The summed E-state index contributed by atoms with van der Waals surface area (Å²) in [6, 6.07) is 2.63. The van der Waals surface area contributed by atoms with Gasteiger partial charge in [0.2, 0.25) is 0 Å². The molecule has 2 heterocycles. The third-order valence-corrected chi connectivity index (χ3v) is 4.44. The molecular formula is C15H25N5. The Morgan fingerprint density at radius 2 is 2.05 bits per heavy atom. The molecule has 0 amide bonds. The Kier molecular flexibility index (Phi) is 3.89. The number of hydrogen-bond donors (Lipinski definition) is 1. The van der Waals surface area contributed by atoms with E-state index in [4.69, 9.17) is 4.98 Å². The van der Waals surface area contributed by atoms with Crippen molar-refractivity contribution in [2.24, 2.45) is 0 Å². The second-order valence-electron chi connectivity index (χ2n) is 6.22. The topological polar surface area (TPSA) is 44.3 Å². The third-order valence-electron chi connectivity index (χ3n) is 4.44. The molecule has 1 N–H and O–H groups in total. The Morgan fingerprint density at radius 1 is 1.25 bits per heavy atom. The fourth-order valence-corrected chi connectivity index (χ4v) is 2.86. The van der Waals surface area contributed by atoms with Gasteiger partial charge >= 0.3 is 0 Å². The van der Waals surface area contributed by atoms with Crippen LogP contribution >= 0.6 is 0 Å². The van der Waals surface area contributed by atoms with Crippen molar-refractivity contribution in [2.75, 3.05) is 46.1 Å². The third kappa shape index (κ3) is 3.10. The minimum atomic E-state index is 0.521. The Morgan fingerprint density at radius 3 is 2.75 bits per heavy atom. The van der Waals surface area contributed by atoms with Gasteiger partial charge in [0.25, 0.3) is 0 Å². The summed E-state index contributed by atoms with van der Waals surface area (Å²) in [5.74, 6) is 2.63. The summed E-state index contributed by atoms with van der Waals surface area (Å²) >= 11 is 0. The number of hydrogen-bond acceptors (Lipinski definition) is 5. The molecule has 1 aromatic rings. The summed E-state index contributed by atoms with van der Waals surface area (Å²) < 4.78 is 0. The van der Waals surface area contributed by atoms with E-state index in [1.54, 1.807) is 0 Å². The molecule has 20 heavy (non-hydrogen) atoms. The molecule has 1 saturated carbocycles. The number of nitrogens with one attached hydrogen (secondary N) is 1. The Balaban J connectivity index is 1.76. The molecule has 0 spiro atoms. The van der Waals surface area contributed by atoms with Crippen LogP contribution < -0.4 is 5.32 Å². The monoisotopic (exact) mass is 275 g/mol. The zero-order valence-corrected chi connectivity index (χ0v) is 12.8. The maximum Gasteiger partial charge on any atom is 0.132 e. The van der Waals surface area contributed by atoms with Gasteiger partial charge in [0.15, 0.2) is 0 Å². The summed E-state index contributed by atoms with van der Waals surface area (Å²) in [6.07, 6.45) is 3.51. The van der Waals surface area contributed by atoms with Crippen molar-refractivity contribution < 1.29 is 0 Å². The summed E-state index contributed by atoms with van der Waals surface area (Å²) in [7, 11) is 6.34. The second kappa shape index (κ2) is 5.66. The predicted molar refractivity (Wildman–Crippen MR) is 81.2 cm³/mol. The highest BCUT2D eigenvalue weighted by Gasteiger charge is 2.27. The average molecular weight is 275 g/mol. The van der Waals surface area contributed by atoms with Crippen LogP contribution in [-0.2, 0) is 6.42 Å².